The van der Waals surface area contributed by atoms with Crippen LogP contribution >= 0.6 is 11.6 Å². The van der Waals surface area contributed by atoms with E-state index in [0.717, 1.165) is 6.07 Å². The van der Waals surface area contributed by atoms with Crippen LogP contribution in [-0.2, 0) is 10.9 Å². The molecule has 1 N–H and O–H groups in total. The summed E-state index contributed by atoms with van der Waals surface area (Å²) in [6.45, 7) is 0. The summed E-state index contributed by atoms with van der Waals surface area (Å²) in [5.74, 6) is 0. The first kappa shape index (κ1) is 17.1. The van der Waals surface area contributed by atoms with Gasteiger partial charge in [-0.25, -0.2) is 4.79 Å². The normalized spacial score (nSPS) is 12.6. The average Bonchev–Trinajstić information content (AvgIpc) is 2.52. The second-order valence-corrected chi connectivity index (χ2v) is 4.92. The lowest BCUT2D eigenvalue weighted by molar-refractivity contribution is -0.139. The van der Waals surface area contributed by atoms with E-state index in [1.54, 1.807) is 0 Å². The summed E-state index contributed by atoms with van der Waals surface area (Å²) in [6.07, 6.45) is -4.17. The Morgan fingerprint density at radius 3 is 2.57 bits per heavy atom. The summed E-state index contributed by atoms with van der Waals surface area (Å²) < 4.78 is 44.8. The second kappa shape index (κ2) is 6.87. The lowest BCUT2D eigenvalue weighted by Gasteiger charge is -2.22. The van der Waals surface area contributed by atoms with Crippen LogP contribution in [-0.4, -0.2) is 18.1 Å². The standard InChI is InChI=1S/C15H12ClF3N2O2/c1-20-14(22)23-13(10-8-21-7-6-12(10)16)9-4-2-3-5-11(9)15(17,18)19/h2-8,13H,1H3,(H,20,22). The maximum absolute atomic E-state index is 13.2. The molecule has 0 saturated carbocycles. The second-order valence-electron chi connectivity index (χ2n) is 4.52. The molecule has 0 aliphatic heterocycles. The van der Waals surface area contributed by atoms with Crippen molar-refractivity contribution in [3.63, 3.8) is 0 Å². The number of rotatable bonds is 3. The summed E-state index contributed by atoms with van der Waals surface area (Å²) in [4.78, 5) is 15.4. The van der Waals surface area contributed by atoms with E-state index in [-0.39, 0.29) is 16.1 Å². The molecule has 122 valence electrons. The molecule has 0 spiro atoms. The molecule has 1 unspecified atom stereocenters. The summed E-state index contributed by atoms with van der Waals surface area (Å²) in [5.41, 5.74) is -0.971. The molecule has 2 rings (SSSR count). The van der Waals surface area contributed by atoms with Crippen LogP contribution in [0.4, 0.5) is 18.0 Å². The maximum Gasteiger partial charge on any atom is 0.416 e. The number of amides is 1. The van der Waals surface area contributed by atoms with Crippen LogP contribution in [0, 0.1) is 0 Å². The van der Waals surface area contributed by atoms with E-state index < -0.39 is 23.9 Å². The minimum atomic E-state index is -4.60. The number of carbonyl (C=O) groups is 1. The topological polar surface area (TPSA) is 51.2 Å². The largest absolute Gasteiger partial charge is 0.436 e. The Labute approximate surface area is 135 Å². The summed E-state index contributed by atoms with van der Waals surface area (Å²) in [5, 5.41) is 2.35. The van der Waals surface area contributed by atoms with Crippen molar-refractivity contribution in [1.82, 2.24) is 10.3 Å². The van der Waals surface area contributed by atoms with Crippen LogP contribution < -0.4 is 5.32 Å². The molecule has 1 amide bonds. The Hall–Kier alpha value is -2.28. The Kier molecular flexibility index (Phi) is 5.10. The van der Waals surface area contributed by atoms with E-state index in [2.05, 4.69) is 10.3 Å². The van der Waals surface area contributed by atoms with Crippen molar-refractivity contribution in [2.75, 3.05) is 7.05 Å². The molecule has 0 aliphatic carbocycles. The van der Waals surface area contributed by atoms with Crippen molar-refractivity contribution in [1.29, 1.82) is 0 Å². The van der Waals surface area contributed by atoms with E-state index >= 15 is 0 Å². The fourth-order valence-corrected chi connectivity index (χ4v) is 2.23. The quantitative estimate of drug-likeness (QED) is 0.908. The minimum Gasteiger partial charge on any atom is -0.436 e. The highest BCUT2D eigenvalue weighted by Gasteiger charge is 2.37. The van der Waals surface area contributed by atoms with Crippen molar-refractivity contribution in [3.05, 3.63) is 64.4 Å². The number of carbonyl (C=O) groups excluding carboxylic acids is 1. The molecule has 0 radical (unpaired) electrons. The smallest absolute Gasteiger partial charge is 0.416 e. The molecule has 4 nitrogen and oxygen atoms in total. The highest BCUT2D eigenvalue weighted by Crippen LogP contribution is 2.39. The van der Waals surface area contributed by atoms with Crippen LogP contribution in [0.25, 0.3) is 0 Å². The maximum atomic E-state index is 13.2. The molecule has 1 atom stereocenters. The Bertz CT molecular complexity index is 707. The number of benzene rings is 1. The van der Waals surface area contributed by atoms with Gasteiger partial charge in [-0.15, -0.1) is 0 Å². The summed E-state index contributed by atoms with van der Waals surface area (Å²) in [6, 6.07) is 6.25. The van der Waals surface area contributed by atoms with Gasteiger partial charge in [0.2, 0.25) is 0 Å². The molecule has 2 aromatic rings. The first-order chi connectivity index (χ1) is 10.8. The molecular formula is C15H12ClF3N2O2. The lowest BCUT2D eigenvalue weighted by atomic mass is 9.97. The monoisotopic (exact) mass is 344 g/mol. The van der Waals surface area contributed by atoms with Gasteiger partial charge in [0, 0.05) is 30.6 Å². The van der Waals surface area contributed by atoms with E-state index in [1.807, 2.05) is 0 Å². The minimum absolute atomic E-state index is 0.144. The van der Waals surface area contributed by atoms with Crippen LogP contribution in [0.15, 0.2) is 42.7 Å². The first-order valence-corrected chi connectivity index (χ1v) is 6.86. The predicted molar refractivity (Wildman–Crippen MR) is 78.1 cm³/mol. The molecule has 0 aliphatic rings. The molecule has 1 aromatic carbocycles. The molecule has 1 heterocycles. The van der Waals surface area contributed by atoms with Gasteiger partial charge in [-0.05, 0) is 12.1 Å². The molecule has 0 bridgehead atoms. The van der Waals surface area contributed by atoms with Crippen molar-refractivity contribution >= 4 is 17.7 Å². The van der Waals surface area contributed by atoms with Gasteiger partial charge in [-0.2, -0.15) is 13.2 Å². The number of nitrogens with zero attached hydrogens (tertiary/aromatic N) is 1. The van der Waals surface area contributed by atoms with Crippen molar-refractivity contribution in [3.8, 4) is 0 Å². The van der Waals surface area contributed by atoms with Gasteiger partial charge in [0.1, 0.15) is 0 Å². The number of halogens is 4. The molecular weight excluding hydrogens is 333 g/mol. The number of hydrogen-bond donors (Lipinski definition) is 1. The Morgan fingerprint density at radius 2 is 1.96 bits per heavy atom. The number of nitrogens with one attached hydrogen (secondary N) is 1. The van der Waals surface area contributed by atoms with Gasteiger partial charge in [0.05, 0.1) is 10.6 Å². The van der Waals surface area contributed by atoms with Crippen LogP contribution in [0.5, 0.6) is 0 Å². The zero-order valence-electron chi connectivity index (χ0n) is 11.9. The fourth-order valence-electron chi connectivity index (χ4n) is 2.03. The van der Waals surface area contributed by atoms with E-state index in [0.29, 0.717) is 0 Å². The van der Waals surface area contributed by atoms with Crippen molar-refractivity contribution in [2.45, 2.75) is 12.3 Å². The zero-order valence-corrected chi connectivity index (χ0v) is 12.7. The molecule has 8 heteroatoms. The number of aromatic nitrogens is 1. The SMILES string of the molecule is CNC(=O)OC(c1cnccc1Cl)c1ccccc1C(F)(F)F. The Morgan fingerprint density at radius 1 is 1.26 bits per heavy atom. The highest BCUT2D eigenvalue weighted by atomic mass is 35.5. The number of ether oxygens (including phenoxy) is 1. The summed E-state index contributed by atoms with van der Waals surface area (Å²) >= 11 is 6.03. The number of pyridine rings is 1. The molecule has 0 saturated heterocycles. The number of hydrogen-bond acceptors (Lipinski definition) is 3. The third kappa shape index (κ3) is 3.92. The van der Waals surface area contributed by atoms with Crippen LogP contribution in [0.1, 0.15) is 22.8 Å². The van der Waals surface area contributed by atoms with Crippen LogP contribution in [0.2, 0.25) is 5.02 Å². The van der Waals surface area contributed by atoms with E-state index in [4.69, 9.17) is 16.3 Å². The van der Waals surface area contributed by atoms with Gasteiger partial charge >= 0.3 is 12.3 Å². The van der Waals surface area contributed by atoms with Crippen molar-refractivity contribution in [2.24, 2.45) is 0 Å². The summed E-state index contributed by atoms with van der Waals surface area (Å²) in [7, 11) is 1.31. The average molecular weight is 345 g/mol. The van der Waals surface area contributed by atoms with Crippen LogP contribution in [0.3, 0.4) is 0 Å². The predicted octanol–water partition coefficient (Wildman–Crippen LogP) is 4.20. The molecule has 23 heavy (non-hydrogen) atoms. The van der Waals surface area contributed by atoms with Gasteiger partial charge in [-0.1, -0.05) is 29.8 Å². The van der Waals surface area contributed by atoms with Gasteiger partial charge in [-0.3, -0.25) is 4.98 Å². The third-order valence-corrected chi connectivity index (χ3v) is 3.40. The lowest BCUT2D eigenvalue weighted by Crippen LogP contribution is -2.24. The van der Waals surface area contributed by atoms with Gasteiger partial charge in [0.25, 0.3) is 0 Å². The van der Waals surface area contributed by atoms with E-state index in [9.17, 15) is 18.0 Å². The molecule has 0 fully saturated rings. The van der Waals surface area contributed by atoms with Crippen molar-refractivity contribution < 1.29 is 22.7 Å². The Balaban J connectivity index is 2.60. The van der Waals surface area contributed by atoms with E-state index in [1.165, 1.54) is 43.7 Å². The fraction of sp³-hybridized carbons (Fsp3) is 0.200. The van der Waals surface area contributed by atoms with Gasteiger partial charge in [0.15, 0.2) is 6.10 Å². The number of alkyl carbamates (subject to hydrolysis) is 1. The van der Waals surface area contributed by atoms with Gasteiger partial charge < -0.3 is 10.1 Å². The zero-order chi connectivity index (χ0) is 17.0. The highest BCUT2D eigenvalue weighted by molar-refractivity contribution is 6.31. The molecule has 1 aromatic heterocycles. The number of alkyl halides is 3. The first-order valence-electron chi connectivity index (χ1n) is 6.48. The third-order valence-electron chi connectivity index (χ3n) is 3.06.